The van der Waals surface area contributed by atoms with Gasteiger partial charge >= 0.3 is 0 Å². The van der Waals surface area contributed by atoms with Gasteiger partial charge in [-0.2, -0.15) is 5.10 Å². The highest BCUT2D eigenvalue weighted by Gasteiger charge is 2.08. The molecule has 0 atom stereocenters. The molecular weight excluding hydrogens is 164 g/mol. The first-order valence-corrected chi connectivity index (χ1v) is 4.28. The number of fused-ring (bicyclic) bond motifs is 1. The topological polar surface area (TPSA) is 34.4 Å². The van der Waals surface area contributed by atoms with Crippen LogP contribution in [0, 0.1) is 0 Å². The standard InChI is InChI=1S/C10H10N2O/c1-2-9-8(7-13)10-5-3-4-6-12(10)11-9/h3-7H,2H2,1H3. The zero-order valence-corrected chi connectivity index (χ0v) is 7.40. The van der Waals surface area contributed by atoms with Gasteiger partial charge in [-0.25, -0.2) is 4.52 Å². The second-order valence-electron chi connectivity index (χ2n) is 2.86. The molecule has 0 aromatic carbocycles. The third-order valence-corrected chi connectivity index (χ3v) is 2.11. The molecule has 66 valence electrons. The van der Waals surface area contributed by atoms with E-state index in [4.69, 9.17) is 0 Å². The van der Waals surface area contributed by atoms with Crippen LogP contribution in [0.4, 0.5) is 0 Å². The van der Waals surface area contributed by atoms with E-state index in [1.54, 1.807) is 4.52 Å². The largest absolute Gasteiger partial charge is 0.298 e. The maximum absolute atomic E-state index is 10.8. The van der Waals surface area contributed by atoms with Crippen LogP contribution in [-0.4, -0.2) is 15.9 Å². The average Bonchev–Trinajstić information content (AvgIpc) is 2.55. The van der Waals surface area contributed by atoms with Gasteiger partial charge in [-0.15, -0.1) is 0 Å². The van der Waals surface area contributed by atoms with Crippen molar-refractivity contribution in [3.8, 4) is 0 Å². The number of aryl methyl sites for hydroxylation is 1. The predicted octanol–water partition coefficient (Wildman–Crippen LogP) is 1.71. The predicted molar refractivity (Wildman–Crippen MR) is 50.0 cm³/mol. The number of carbonyl (C=O) groups excluding carboxylic acids is 1. The highest BCUT2D eigenvalue weighted by molar-refractivity contribution is 5.87. The molecule has 0 unspecified atom stereocenters. The molecule has 0 N–H and O–H groups in total. The first-order valence-electron chi connectivity index (χ1n) is 4.28. The van der Waals surface area contributed by atoms with E-state index in [1.807, 2.05) is 31.3 Å². The fraction of sp³-hybridized carbons (Fsp3) is 0.200. The Morgan fingerprint density at radius 3 is 3.08 bits per heavy atom. The Kier molecular flexibility index (Phi) is 1.85. The summed E-state index contributed by atoms with van der Waals surface area (Å²) in [5, 5.41) is 4.29. The maximum atomic E-state index is 10.8. The summed E-state index contributed by atoms with van der Waals surface area (Å²) < 4.78 is 1.74. The Hall–Kier alpha value is -1.64. The van der Waals surface area contributed by atoms with Crippen molar-refractivity contribution in [3.63, 3.8) is 0 Å². The summed E-state index contributed by atoms with van der Waals surface area (Å²) in [5.74, 6) is 0. The molecule has 2 heterocycles. The van der Waals surface area contributed by atoms with E-state index >= 15 is 0 Å². The van der Waals surface area contributed by atoms with Crippen molar-refractivity contribution in [1.82, 2.24) is 9.61 Å². The van der Waals surface area contributed by atoms with Gasteiger partial charge in [0.15, 0.2) is 6.29 Å². The van der Waals surface area contributed by atoms with E-state index < -0.39 is 0 Å². The molecule has 0 fully saturated rings. The summed E-state index contributed by atoms with van der Waals surface area (Å²) in [7, 11) is 0. The Morgan fingerprint density at radius 1 is 1.54 bits per heavy atom. The van der Waals surface area contributed by atoms with Gasteiger partial charge in [-0.3, -0.25) is 4.79 Å². The van der Waals surface area contributed by atoms with Crippen LogP contribution >= 0.6 is 0 Å². The van der Waals surface area contributed by atoms with Crippen LogP contribution in [0.1, 0.15) is 23.0 Å². The van der Waals surface area contributed by atoms with Gasteiger partial charge in [0.1, 0.15) is 0 Å². The lowest BCUT2D eigenvalue weighted by Crippen LogP contribution is -1.86. The van der Waals surface area contributed by atoms with Crippen molar-refractivity contribution in [2.75, 3.05) is 0 Å². The quantitative estimate of drug-likeness (QED) is 0.649. The van der Waals surface area contributed by atoms with Crippen LogP contribution in [0.25, 0.3) is 5.52 Å². The molecule has 0 saturated carbocycles. The average molecular weight is 174 g/mol. The monoisotopic (exact) mass is 174 g/mol. The molecule has 0 aliphatic carbocycles. The highest BCUT2D eigenvalue weighted by atomic mass is 16.1. The Labute approximate surface area is 76.0 Å². The van der Waals surface area contributed by atoms with E-state index in [9.17, 15) is 4.79 Å². The van der Waals surface area contributed by atoms with Crippen LogP contribution in [0.5, 0.6) is 0 Å². The van der Waals surface area contributed by atoms with Gasteiger partial charge in [0.2, 0.25) is 0 Å². The van der Waals surface area contributed by atoms with E-state index in [1.165, 1.54) is 0 Å². The molecule has 13 heavy (non-hydrogen) atoms. The molecule has 2 aromatic rings. The molecule has 0 amide bonds. The Balaban J connectivity index is 2.81. The van der Waals surface area contributed by atoms with Crippen molar-refractivity contribution in [2.45, 2.75) is 13.3 Å². The van der Waals surface area contributed by atoms with Gasteiger partial charge in [0, 0.05) is 6.20 Å². The fourth-order valence-corrected chi connectivity index (χ4v) is 1.46. The summed E-state index contributed by atoms with van der Waals surface area (Å²) in [6.45, 7) is 1.99. The van der Waals surface area contributed by atoms with Crippen LogP contribution in [-0.2, 0) is 6.42 Å². The SMILES string of the molecule is CCc1nn2ccccc2c1C=O. The van der Waals surface area contributed by atoms with Gasteiger partial charge in [0.05, 0.1) is 16.8 Å². The summed E-state index contributed by atoms with van der Waals surface area (Å²) in [4.78, 5) is 10.8. The van der Waals surface area contributed by atoms with Gasteiger partial charge < -0.3 is 0 Å². The molecule has 0 aliphatic heterocycles. The molecule has 0 saturated heterocycles. The smallest absolute Gasteiger partial charge is 0.154 e. The lowest BCUT2D eigenvalue weighted by molar-refractivity contribution is 0.112. The van der Waals surface area contributed by atoms with Crippen molar-refractivity contribution in [1.29, 1.82) is 0 Å². The first kappa shape index (κ1) is 7.98. The van der Waals surface area contributed by atoms with Crippen LogP contribution in [0.15, 0.2) is 24.4 Å². The molecule has 2 aromatic heterocycles. The second-order valence-corrected chi connectivity index (χ2v) is 2.86. The number of aldehydes is 1. The molecular formula is C10H10N2O. The minimum Gasteiger partial charge on any atom is -0.298 e. The van der Waals surface area contributed by atoms with Crippen LogP contribution in [0.3, 0.4) is 0 Å². The Morgan fingerprint density at radius 2 is 2.38 bits per heavy atom. The highest BCUT2D eigenvalue weighted by Crippen LogP contribution is 2.13. The van der Waals surface area contributed by atoms with Gasteiger partial charge in [-0.1, -0.05) is 13.0 Å². The van der Waals surface area contributed by atoms with Crippen molar-refractivity contribution >= 4 is 11.8 Å². The third kappa shape index (κ3) is 1.13. The lowest BCUT2D eigenvalue weighted by Gasteiger charge is -1.89. The van der Waals surface area contributed by atoms with Gasteiger partial charge in [-0.05, 0) is 18.6 Å². The number of hydrogen-bond acceptors (Lipinski definition) is 2. The molecule has 2 rings (SSSR count). The molecule has 0 bridgehead atoms. The van der Waals surface area contributed by atoms with E-state index in [0.717, 1.165) is 23.9 Å². The summed E-state index contributed by atoms with van der Waals surface area (Å²) in [5.41, 5.74) is 2.46. The molecule has 0 aliphatic rings. The number of aromatic nitrogens is 2. The van der Waals surface area contributed by atoms with E-state index in [2.05, 4.69) is 5.10 Å². The molecule has 0 spiro atoms. The number of carbonyl (C=O) groups is 1. The summed E-state index contributed by atoms with van der Waals surface area (Å²) in [6, 6.07) is 5.70. The minimum atomic E-state index is 0.711. The molecule has 3 nitrogen and oxygen atoms in total. The zero-order valence-electron chi connectivity index (χ0n) is 7.40. The Bertz CT molecular complexity index is 445. The third-order valence-electron chi connectivity index (χ3n) is 2.11. The first-order chi connectivity index (χ1) is 6.36. The lowest BCUT2D eigenvalue weighted by atomic mass is 10.2. The minimum absolute atomic E-state index is 0.711. The number of nitrogens with zero attached hydrogens (tertiary/aromatic N) is 2. The van der Waals surface area contributed by atoms with Crippen molar-refractivity contribution in [3.05, 3.63) is 35.7 Å². The van der Waals surface area contributed by atoms with E-state index in [0.29, 0.717) is 5.56 Å². The number of pyridine rings is 1. The van der Waals surface area contributed by atoms with E-state index in [-0.39, 0.29) is 0 Å². The van der Waals surface area contributed by atoms with Crippen LogP contribution < -0.4 is 0 Å². The zero-order chi connectivity index (χ0) is 9.26. The fourth-order valence-electron chi connectivity index (χ4n) is 1.46. The number of hydrogen-bond donors (Lipinski definition) is 0. The summed E-state index contributed by atoms with van der Waals surface area (Å²) in [6.07, 6.45) is 3.51. The van der Waals surface area contributed by atoms with Crippen LogP contribution in [0.2, 0.25) is 0 Å². The molecule has 3 heteroatoms. The van der Waals surface area contributed by atoms with Crippen molar-refractivity contribution < 1.29 is 4.79 Å². The van der Waals surface area contributed by atoms with Crippen molar-refractivity contribution in [2.24, 2.45) is 0 Å². The molecule has 0 radical (unpaired) electrons. The normalized spacial score (nSPS) is 10.5. The summed E-state index contributed by atoms with van der Waals surface area (Å²) >= 11 is 0. The maximum Gasteiger partial charge on any atom is 0.154 e. The number of rotatable bonds is 2. The van der Waals surface area contributed by atoms with Gasteiger partial charge in [0.25, 0.3) is 0 Å². The second kappa shape index (κ2) is 3.01.